The highest BCUT2D eigenvalue weighted by Gasteiger charge is 2.64. The van der Waals surface area contributed by atoms with E-state index in [1.165, 1.54) is 0 Å². The van der Waals surface area contributed by atoms with Crippen molar-refractivity contribution in [1.29, 1.82) is 5.26 Å². The first kappa shape index (κ1) is 38.3. The fraction of sp³-hybridized carbons (Fsp3) is 0.415. The summed E-state index contributed by atoms with van der Waals surface area (Å²) in [5.41, 5.74) is 2.44. The second-order valence-corrected chi connectivity index (χ2v) is 15.8. The summed E-state index contributed by atoms with van der Waals surface area (Å²) < 4.78 is 6.34. The van der Waals surface area contributed by atoms with Gasteiger partial charge in [0.2, 0.25) is 11.8 Å². The van der Waals surface area contributed by atoms with Gasteiger partial charge >= 0.3 is 0 Å². The van der Waals surface area contributed by atoms with Gasteiger partial charge < -0.3 is 20.7 Å². The Morgan fingerprint density at radius 1 is 0.870 bits per heavy atom. The lowest BCUT2D eigenvalue weighted by Crippen LogP contribution is -2.74. The summed E-state index contributed by atoms with van der Waals surface area (Å²) in [5.74, 6) is -1.62. The summed E-state index contributed by atoms with van der Waals surface area (Å²) in [7, 11) is 0. The van der Waals surface area contributed by atoms with E-state index in [1.54, 1.807) is 36.4 Å². The number of carbonyl (C=O) groups is 5. The monoisotopic (exact) mass is 752 g/mol. The number of rotatable bonds is 14. The molecule has 6 rings (SSSR count). The van der Waals surface area contributed by atoms with Crippen LogP contribution in [-0.2, 0) is 9.59 Å². The van der Waals surface area contributed by atoms with Crippen molar-refractivity contribution in [1.82, 2.24) is 15.5 Å². The van der Waals surface area contributed by atoms with Gasteiger partial charge in [0.15, 0.2) is 0 Å². The lowest BCUT2D eigenvalue weighted by molar-refractivity contribution is -0.164. The van der Waals surface area contributed by atoms with Crippen molar-refractivity contribution in [3.05, 3.63) is 87.9 Å². The normalized spacial score (nSPS) is 21.0. The first-order valence-electron chi connectivity index (χ1n) is 18.3. The molecule has 0 aromatic heterocycles. The molecular formula is C41H45ClN6O6. The van der Waals surface area contributed by atoms with Crippen LogP contribution in [0.4, 0.5) is 11.4 Å². The highest BCUT2D eigenvalue weighted by Crippen LogP contribution is 2.55. The van der Waals surface area contributed by atoms with E-state index in [4.69, 9.17) is 16.3 Å². The van der Waals surface area contributed by atoms with E-state index in [9.17, 15) is 29.2 Å². The Balaban J connectivity index is 0.888. The number of nitrogens with zero attached hydrogens (tertiary/aromatic N) is 2. The first-order chi connectivity index (χ1) is 25.7. The number of carbonyl (C=O) groups excluding carboxylic acids is 5. The number of hydrogen-bond donors (Lipinski definition) is 4. The van der Waals surface area contributed by atoms with Gasteiger partial charge in [-0.15, -0.1) is 0 Å². The molecule has 1 atom stereocenters. The summed E-state index contributed by atoms with van der Waals surface area (Å²) >= 11 is 6.22. The predicted octanol–water partition coefficient (Wildman–Crippen LogP) is 6.31. The standard InChI is InChI=1S/C41H45ClN6O6/c1-40(2)38(41(3,4)39(40)54-28-15-11-25(23-43)31(42)22-28)47-34(50)24-9-12-26(13-10-24)44-19-7-5-6-8-20-45-27-14-16-29-30(21-27)37(53)48(36(29)52)32-17-18-33(49)46-35(32)51/h9-16,21-22,32,38-39,44-45H,5-8,17-20H2,1-4H3,(H,47,50)(H,46,49,51)/t32?,38-,39-. The van der Waals surface area contributed by atoms with Gasteiger partial charge in [0.1, 0.15) is 24.0 Å². The molecule has 2 heterocycles. The quantitative estimate of drug-likeness (QED) is 0.109. The van der Waals surface area contributed by atoms with Crippen LogP contribution in [0.3, 0.4) is 0 Å². The van der Waals surface area contributed by atoms with E-state index in [2.05, 4.69) is 55.0 Å². The Bertz CT molecular complexity index is 2010. The number of nitrogens with one attached hydrogen (secondary N) is 4. The highest BCUT2D eigenvalue weighted by atomic mass is 35.5. The number of benzene rings is 3. The van der Waals surface area contributed by atoms with Crippen LogP contribution in [-0.4, -0.2) is 65.7 Å². The number of nitriles is 1. The number of fused-ring (bicyclic) bond motifs is 1. The van der Waals surface area contributed by atoms with E-state index < -0.39 is 29.7 Å². The van der Waals surface area contributed by atoms with Crippen LogP contribution in [0.5, 0.6) is 5.75 Å². The maximum Gasteiger partial charge on any atom is 0.262 e. The molecular weight excluding hydrogens is 708 g/mol. The number of anilines is 2. The minimum absolute atomic E-state index is 0.0816. The average molecular weight is 753 g/mol. The zero-order valence-electron chi connectivity index (χ0n) is 30.9. The van der Waals surface area contributed by atoms with E-state index in [1.807, 2.05) is 24.3 Å². The lowest BCUT2D eigenvalue weighted by Gasteiger charge is -2.63. The van der Waals surface area contributed by atoms with E-state index in [-0.39, 0.29) is 52.9 Å². The number of halogens is 1. The molecule has 12 nitrogen and oxygen atoms in total. The van der Waals surface area contributed by atoms with Gasteiger partial charge in [-0.25, -0.2) is 0 Å². The molecule has 3 aliphatic rings. The molecule has 4 N–H and O–H groups in total. The molecule has 0 spiro atoms. The van der Waals surface area contributed by atoms with Crippen molar-refractivity contribution in [2.45, 2.75) is 84.4 Å². The molecule has 13 heteroatoms. The van der Waals surface area contributed by atoms with Gasteiger partial charge in [-0.3, -0.25) is 34.2 Å². The molecule has 282 valence electrons. The third-order valence-electron chi connectivity index (χ3n) is 10.8. The van der Waals surface area contributed by atoms with Gasteiger partial charge in [0.05, 0.1) is 21.7 Å². The van der Waals surface area contributed by atoms with E-state index in [0.29, 0.717) is 28.4 Å². The fourth-order valence-electron chi connectivity index (χ4n) is 8.20. The van der Waals surface area contributed by atoms with Crippen LogP contribution >= 0.6 is 11.6 Å². The molecule has 2 fully saturated rings. The highest BCUT2D eigenvalue weighted by molar-refractivity contribution is 6.31. The van der Waals surface area contributed by atoms with Crippen molar-refractivity contribution in [3.63, 3.8) is 0 Å². The topological polar surface area (TPSA) is 170 Å². The van der Waals surface area contributed by atoms with Crippen molar-refractivity contribution in [2.75, 3.05) is 23.7 Å². The third kappa shape index (κ3) is 7.64. The van der Waals surface area contributed by atoms with Gasteiger partial charge in [0, 0.05) is 59.4 Å². The summed E-state index contributed by atoms with van der Waals surface area (Å²) in [5, 5.41) is 21.7. The Morgan fingerprint density at radius 3 is 2.13 bits per heavy atom. The lowest BCUT2D eigenvalue weighted by atomic mass is 9.49. The number of amides is 5. The molecule has 3 aromatic rings. The summed E-state index contributed by atoms with van der Waals surface area (Å²) in [6, 6.07) is 18.5. The summed E-state index contributed by atoms with van der Waals surface area (Å²) in [6.45, 7) is 9.79. The fourth-order valence-corrected chi connectivity index (χ4v) is 8.41. The molecule has 1 unspecified atom stereocenters. The van der Waals surface area contributed by atoms with E-state index >= 15 is 0 Å². The van der Waals surface area contributed by atoms with Crippen LogP contribution in [0.15, 0.2) is 60.7 Å². The zero-order valence-corrected chi connectivity index (χ0v) is 31.6. The smallest absolute Gasteiger partial charge is 0.262 e. The SMILES string of the molecule is CC1(C)[C@H](NC(=O)c2ccc(NCCCCCCNc3ccc4c(c3)C(=O)N(C3CCC(=O)NC3=O)C4=O)cc2)C(C)(C)[C@H]1Oc1ccc(C#N)c(Cl)c1. The summed E-state index contributed by atoms with van der Waals surface area (Å²) in [6.07, 6.45) is 3.92. The second-order valence-electron chi connectivity index (χ2n) is 15.4. The molecule has 1 saturated heterocycles. The van der Waals surface area contributed by atoms with Crippen molar-refractivity contribution < 1.29 is 28.7 Å². The Kier molecular flexibility index (Phi) is 11.0. The van der Waals surface area contributed by atoms with Crippen LogP contribution in [0.1, 0.15) is 103 Å². The maximum absolute atomic E-state index is 13.3. The Morgan fingerprint density at radius 2 is 1.50 bits per heavy atom. The van der Waals surface area contributed by atoms with Gasteiger partial charge in [-0.2, -0.15) is 5.26 Å². The molecule has 54 heavy (non-hydrogen) atoms. The minimum Gasteiger partial charge on any atom is -0.489 e. The van der Waals surface area contributed by atoms with Crippen molar-refractivity contribution in [3.8, 4) is 11.8 Å². The number of unbranched alkanes of at least 4 members (excludes halogenated alkanes) is 3. The molecule has 1 aliphatic carbocycles. The third-order valence-corrected chi connectivity index (χ3v) is 11.1. The largest absolute Gasteiger partial charge is 0.489 e. The minimum atomic E-state index is -0.982. The van der Waals surface area contributed by atoms with Crippen molar-refractivity contribution >= 4 is 52.5 Å². The van der Waals surface area contributed by atoms with E-state index in [0.717, 1.165) is 48.5 Å². The van der Waals surface area contributed by atoms with Gasteiger partial charge in [0.25, 0.3) is 17.7 Å². The Hall–Kier alpha value is -5.41. The molecule has 1 saturated carbocycles. The zero-order chi connectivity index (χ0) is 38.8. The number of piperidine rings is 1. The van der Waals surface area contributed by atoms with Crippen LogP contribution < -0.4 is 26.0 Å². The first-order valence-corrected chi connectivity index (χ1v) is 18.7. The molecule has 2 aliphatic heterocycles. The van der Waals surface area contributed by atoms with Crippen LogP contribution in [0, 0.1) is 22.2 Å². The predicted molar refractivity (Wildman–Crippen MR) is 204 cm³/mol. The van der Waals surface area contributed by atoms with Crippen LogP contribution in [0.2, 0.25) is 5.02 Å². The van der Waals surface area contributed by atoms with Gasteiger partial charge in [-0.05, 0) is 73.9 Å². The van der Waals surface area contributed by atoms with Crippen LogP contribution in [0.25, 0.3) is 0 Å². The molecule has 0 radical (unpaired) electrons. The van der Waals surface area contributed by atoms with Crippen molar-refractivity contribution in [2.24, 2.45) is 10.8 Å². The molecule has 0 bridgehead atoms. The molecule has 3 aromatic carbocycles. The second kappa shape index (κ2) is 15.5. The maximum atomic E-state index is 13.3. The molecule has 5 amide bonds. The number of imide groups is 2. The summed E-state index contributed by atoms with van der Waals surface area (Å²) in [4.78, 5) is 64.0. The number of ether oxygens (including phenoxy) is 1. The number of hydrogen-bond acceptors (Lipinski definition) is 9. The average Bonchev–Trinajstić information content (AvgIpc) is 3.38. The van der Waals surface area contributed by atoms with Gasteiger partial charge in [-0.1, -0.05) is 52.1 Å². The Labute approximate surface area is 319 Å².